The van der Waals surface area contributed by atoms with E-state index in [-0.39, 0.29) is 5.56 Å². The molecule has 1 aromatic heterocycles. The van der Waals surface area contributed by atoms with Crippen LogP contribution in [-0.2, 0) is 6.42 Å². The Bertz CT molecular complexity index is 600. The van der Waals surface area contributed by atoms with Gasteiger partial charge in [0.05, 0.1) is 11.2 Å². The molecule has 1 aromatic carbocycles. The number of anilines is 1. The van der Waals surface area contributed by atoms with E-state index in [0.29, 0.717) is 0 Å². The van der Waals surface area contributed by atoms with Gasteiger partial charge in [-0.2, -0.15) is 0 Å². The number of aromatic nitrogens is 1. The quantitative estimate of drug-likeness (QED) is 0.727. The van der Waals surface area contributed by atoms with Crippen molar-refractivity contribution in [1.82, 2.24) is 4.98 Å². The van der Waals surface area contributed by atoms with Gasteiger partial charge >= 0.3 is 0 Å². The molecule has 0 bridgehead atoms. The third-order valence-corrected chi connectivity index (χ3v) is 3.29. The van der Waals surface area contributed by atoms with Gasteiger partial charge in [-0.15, -0.1) is 0 Å². The standard InChI is InChI=1S/C13H14N2O/c1-15-8-4-6-10-12(15)9-5-2-3-7-11(9)14-13(10)16/h2-3,5,7H,4,6,8H2,1H3,(H,14,16). The van der Waals surface area contributed by atoms with Gasteiger partial charge < -0.3 is 9.88 Å². The summed E-state index contributed by atoms with van der Waals surface area (Å²) in [5.74, 6) is 0. The van der Waals surface area contributed by atoms with Crippen LogP contribution in [0.5, 0.6) is 0 Å². The highest BCUT2D eigenvalue weighted by atomic mass is 16.1. The molecule has 1 aliphatic rings. The van der Waals surface area contributed by atoms with Crippen LogP contribution >= 0.6 is 0 Å². The molecule has 3 heteroatoms. The fourth-order valence-corrected chi connectivity index (χ4v) is 2.54. The van der Waals surface area contributed by atoms with Gasteiger partial charge in [-0.05, 0) is 18.9 Å². The molecule has 2 heterocycles. The SMILES string of the molecule is CN1CCCc2c1c1ccccc1[nH]c2=O. The molecular formula is C13H14N2O. The minimum atomic E-state index is 0.0697. The molecule has 2 aromatic rings. The highest BCUT2D eigenvalue weighted by Crippen LogP contribution is 2.30. The van der Waals surface area contributed by atoms with Gasteiger partial charge in [-0.25, -0.2) is 0 Å². The summed E-state index contributed by atoms with van der Waals surface area (Å²) in [6, 6.07) is 8.00. The minimum Gasteiger partial charge on any atom is -0.374 e. The fourth-order valence-electron chi connectivity index (χ4n) is 2.54. The van der Waals surface area contributed by atoms with Crippen molar-refractivity contribution < 1.29 is 0 Å². The second-order valence-electron chi connectivity index (χ2n) is 4.35. The third-order valence-electron chi connectivity index (χ3n) is 3.29. The predicted octanol–water partition coefficient (Wildman–Crippen LogP) is 1.91. The van der Waals surface area contributed by atoms with Crippen LogP contribution in [0.2, 0.25) is 0 Å². The maximum Gasteiger partial charge on any atom is 0.253 e. The first-order valence-electron chi connectivity index (χ1n) is 5.62. The largest absolute Gasteiger partial charge is 0.374 e. The van der Waals surface area contributed by atoms with Gasteiger partial charge in [0.1, 0.15) is 0 Å². The Morgan fingerprint density at radius 1 is 1.31 bits per heavy atom. The van der Waals surface area contributed by atoms with E-state index in [4.69, 9.17) is 0 Å². The molecule has 0 unspecified atom stereocenters. The minimum absolute atomic E-state index is 0.0697. The molecule has 0 atom stereocenters. The van der Waals surface area contributed by atoms with E-state index in [1.54, 1.807) is 0 Å². The summed E-state index contributed by atoms with van der Waals surface area (Å²) in [5, 5.41) is 1.15. The van der Waals surface area contributed by atoms with Crippen LogP contribution in [0.3, 0.4) is 0 Å². The molecule has 0 saturated heterocycles. The van der Waals surface area contributed by atoms with Crippen molar-refractivity contribution in [3.63, 3.8) is 0 Å². The van der Waals surface area contributed by atoms with Crippen molar-refractivity contribution in [2.75, 3.05) is 18.5 Å². The number of fused-ring (bicyclic) bond motifs is 3. The van der Waals surface area contributed by atoms with Crippen molar-refractivity contribution in [2.24, 2.45) is 0 Å². The summed E-state index contributed by atoms with van der Waals surface area (Å²) in [7, 11) is 2.06. The lowest BCUT2D eigenvalue weighted by atomic mass is 10.0. The number of hydrogen-bond acceptors (Lipinski definition) is 2. The Kier molecular flexibility index (Phi) is 1.99. The Morgan fingerprint density at radius 2 is 2.12 bits per heavy atom. The van der Waals surface area contributed by atoms with Crippen LogP contribution in [0.1, 0.15) is 12.0 Å². The molecule has 16 heavy (non-hydrogen) atoms. The van der Waals surface area contributed by atoms with E-state index < -0.39 is 0 Å². The molecule has 3 nitrogen and oxygen atoms in total. The average molecular weight is 214 g/mol. The second-order valence-corrected chi connectivity index (χ2v) is 4.35. The smallest absolute Gasteiger partial charge is 0.253 e. The van der Waals surface area contributed by atoms with Gasteiger partial charge in [0.15, 0.2) is 0 Å². The van der Waals surface area contributed by atoms with E-state index >= 15 is 0 Å². The highest BCUT2D eigenvalue weighted by molar-refractivity contribution is 5.93. The van der Waals surface area contributed by atoms with Gasteiger partial charge in [-0.3, -0.25) is 4.79 Å². The van der Waals surface area contributed by atoms with Gasteiger partial charge in [0, 0.05) is 24.5 Å². The van der Waals surface area contributed by atoms with Crippen molar-refractivity contribution in [3.05, 3.63) is 40.2 Å². The second kappa shape index (κ2) is 3.37. The first-order chi connectivity index (χ1) is 7.77. The van der Waals surface area contributed by atoms with Gasteiger partial charge in [-0.1, -0.05) is 18.2 Å². The maximum atomic E-state index is 11.9. The number of benzene rings is 1. The third kappa shape index (κ3) is 1.24. The number of para-hydroxylation sites is 1. The average Bonchev–Trinajstić information content (AvgIpc) is 2.30. The van der Waals surface area contributed by atoms with Crippen LogP contribution < -0.4 is 10.5 Å². The Morgan fingerprint density at radius 3 is 3.00 bits per heavy atom. The topological polar surface area (TPSA) is 36.1 Å². The first kappa shape index (κ1) is 9.46. The first-order valence-corrected chi connectivity index (χ1v) is 5.62. The molecule has 0 amide bonds. The zero-order chi connectivity index (χ0) is 11.1. The summed E-state index contributed by atoms with van der Waals surface area (Å²) in [4.78, 5) is 17.1. The summed E-state index contributed by atoms with van der Waals surface area (Å²) >= 11 is 0. The number of nitrogens with one attached hydrogen (secondary N) is 1. The Hall–Kier alpha value is -1.77. The molecule has 0 spiro atoms. The lowest BCUT2D eigenvalue weighted by Gasteiger charge is -2.28. The molecule has 82 valence electrons. The summed E-state index contributed by atoms with van der Waals surface area (Å²) in [6.45, 7) is 1.03. The van der Waals surface area contributed by atoms with E-state index in [9.17, 15) is 4.79 Å². The fraction of sp³-hybridized carbons (Fsp3) is 0.308. The van der Waals surface area contributed by atoms with Crippen LogP contribution in [-0.4, -0.2) is 18.6 Å². The van der Waals surface area contributed by atoms with E-state index in [0.717, 1.165) is 41.5 Å². The highest BCUT2D eigenvalue weighted by Gasteiger charge is 2.19. The van der Waals surface area contributed by atoms with Crippen molar-refractivity contribution in [1.29, 1.82) is 0 Å². The monoisotopic (exact) mass is 214 g/mol. The number of H-pyrrole nitrogens is 1. The van der Waals surface area contributed by atoms with Crippen LogP contribution in [0.25, 0.3) is 10.9 Å². The number of aromatic amines is 1. The lowest BCUT2D eigenvalue weighted by molar-refractivity contribution is 0.739. The normalized spacial score (nSPS) is 15.2. The molecular weight excluding hydrogens is 200 g/mol. The zero-order valence-corrected chi connectivity index (χ0v) is 9.29. The van der Waals surface area contributed by atoms with Crippen molar-refractivity contribution >= 4 is 16.6 Å². The summed E-state index contributed by atoms with van der Waals surface area (Å²) in [5.41, 5.74) is 3.05. The molecule has 0 fully saturated rings. The molecule has 1 aliphatic heterocycles. The Balaban J connectivity index is 2.45. The zero-order valence-electron chi connectivity index (χ0n) is 9.29. The van der Waals surface area contributed by atoms with E-state index in [2.05, 4.69) is 23.0 Å². The van der Waals surface area contributed by atoms with Crippen molar-refractivity contribution in [3.8, 4) is 0 Å². The number of rotatable bonds is 0. The molecule has 0 radical (unpaired) electrons. The van der Waals surface area contributed by atoms with Gasteiger partial charge in [0.25, 0.3) is 5.56 Å². The molecule has 3 rings (SSSR count). The number of nitrogens with zero attached hydrogens (tertiary/aromatic N) is 1. The van der Waals surface area contributed by atoms with E-state index in [1.165, 1.54) is 0 Å². The Labute approximate surface area is 93.7 Å². The molecule has 0 saturated carbocycles. The van der Waals surface area contributed by atoms with Crippen molar-refractivity contribution in [2.45, 2.75) is 12.8 Å². The van der Waals surface area contributed by atoms with Gasteiger partial charge in [0.2, 0.25) is 0 Å². The molecule has 0 aliphatic carbocycles. The summed E-state index contributed by atoms with van der Waals surface area (Å²) < 4.78 is 0. The maximum absolute atomic E-state index is 11.9. The number of hydrogen-bond donors (Lipinski definition) is 1. The van der Waals surface area contributed by atoms with E-state index in [1.807, 2.05) is 18.2 Å². The number of pyridine rings is 1. The molecule has 1 N–H and O–H groups in total. The predicted molar refractivity (Wildman–Crippen MR) is 66.2 cm³/mol. The van der Waals surface area contributed by atoms with Crippen LogP contribution in [0.15, 0.2) is 29.1 Å². The van der Waals surface area contributed by atoms with Crippen LogP contribution in [0, 0.1) is 0 Å². The summed E-state index contributed by atoms with van der Waals surface area (Å²) in [6.07, 6.45) is 1.95. The lowest BCUT2D eigenvalue weighted by Crippen LogP contribution is -2.29. The van der Waals surface area contributed by atoms with Crippen LogP contribution in [0.4, 0.5) is 5.69 Å².